The van der Waals surface area contributed by atoms with E-state index in [-0.39, 0.29) is 5.54 Å². The summed E-state index contributed by atoms with van der Waals surface area (Å²) in [5, 5.41) is 4.19. The fraction of sp³-hybridized carbons (Fsp3) is 0.867. The number of nitrogens with zero attached hydrogens (tertiary/aromatic N) is 2. The second kappa shape index (κ2) is 6.06. The third-order valence-electron chi connectivity index (χ3n) is 4.88. The monoisotopic (exact) mass is 295 g/mol. The zero-order valence-electron chi connectivity index (χ0n) is 12.3. The molecule has 2 N–H and O–H groups in total. The van der Waals surface area contributed by atoms with Gasteiger partial charge in [0, 0.05) is 6.42 Å². The van der Waals surface area contributed by atoms with E-state index < -0.39 is 0 Å². The maximum absolute atomic E-state index is 6.50. The van der Waals surface area contributed by atoms with Crippen molar-refractivity contribution in [3.05, 3.63) is 11.7 Å². The van der Waals surface area contributed by atoms with Gasteiger partial charge < -0.3 is 10.3 Å². The third-order valence-corrected chi connectivity index (χ3v) is 5.93. The Morgan fingerprint density at radius 1 is 1.25 bits per heavy atom. The topological polar surface area (TPSA) is 64.9 Å². The lowest BCUT2D eigenvalue weighted by Gasteiger charge is -2.33. The molecule has 112 valence electrons. The van der Waals surface area contributed by atoms with E-state index in [0.717, 1.165) is 36.9 Å². The van der Waals surface area contributed by atoms with Gasteiger partial charge in [0.15, 0.2) is 5.82 Å². The highest BCUT2D eigenvalue weighted by Crippen LogP contribution is 2.36. The van der Waals surface area contributed by atoms with Crippen LogP contribution in [0, 0.1) is 11.8 Å². The fourth-order valence-electron chi connectivity index (χ4n) is 3.24. The molecule has 2 aliphatic rings. The van der Waals surface area contributed by atoms with Crippen LogP contribution < -0.4 is 5.73 Å². The van der Waals surface area contributed by atoms with E-state index in [1.807, 2.05) is 0 Å². The minimum absolute atomic E-state index is 0.351. The average molecular weight is 295 g/mol. The Balaban J connectivity index is 1.63. The van der Waals surface area contributed by atoms with Gasteiger partial charge in [-0.3, -0.25) is 0 Å². The summed E-state index contributed by atoms with van der Waals surface area (Å²) in [4.78, 5) is 4.62. The zero-order chi connectivity index (χ0) is 14.0. The molecule has 0 radical (unpaired) electrons. The van der Waals surface area contributed by atoms with Crippen LogP contribution >= 0.6 is 11.8 Å². The van der Waals surface area contributed by atoms with Crippen LogP contribution in [0.1, 0.15) is 57.2 Å². The van der Waals surface area contributed by atoms with Gasteiger partial charge >= 0.3 is 0 Å². The van der Waals surface area contributed by atoms with Crippen LogP contribution in [0.5, 0.6) is 0 Å². The number of rotatable bonds is 3. The highest BCUT2D eigenvalue weighted by molar-refractivity contribution is 7.99. The van der Waals surface area contributed by atoms with Gasteiger partial charge in [-0.1, -0.05) is 12.1 Å². The van der Waals surface area contributed by atoms with Crippen LogP contribution in [-0.4, -0.2) is 21.6 Å². The molecule has 0 bridgehead atoms. The molecule has 2 fully saturated rings. The van der Waals surface area contributed by atoms with Crippen molar-refractivity contribution >= 4 is 11.8 Å². The van der Waals surface area contributed by atoms with E-state index >= 15 is 0 Å². The Kier molecular flexibility index (Phi) is 4.36. The third kappa shape index (κ3) is 3.19. The lowest BCUT2D eigenvalue weighted by Crippen LogP contribution is -2.41. The first-order valence-corrected chi connectivity index (χ1v) is 9.01. The molecule has 2 heterocycles. The smallest absolute Gasteiger partial charge is 0.226 e. The molecular weight excluding hydrogens is 270 g/mol. The Morgan fingerprint density at radius 2 is 1.95 bits per heavy atom. The van der Waals surface area contributed by atoms with Gasteiger partial charge in [-0.15, -0.1) is 0 Å². The van der Waals surface area contributed by atoms with Crippen molar-refractivity contribution < 1.29 is 4.52 Å². The summed E-state index contributed by atoms with van der Waals surface area (Å²) in [6, 6.07) is 0. The van der Waals surface area contributed by atoms with Crippen molar-refractivity contribution in [3.8, 4) is 0 Å². The minimum Gasteiger partial charge on any atom is -0.339 e. The molecule has 0 atom stereocenters. The Labute approximate surface area is 125 Å². The highest BCUT2D eigenvalue weighted by Gasteiger charge is 2.36. The molecule has 1 saturated heterocycles. The second-order valence-corrected chi connectivity index (χ2v) is 7.84. The van der Waals surface area contributed by atoms with Gasteiger partial charge in [0.1, 0.15) is 0 Å². The highest BCUT2D eigenvalue weighted by atomic mass is 32.2. The lowest BCUT2D eigenvalue weighted by molar-refractivity contribution is 0.229. The first-order chi connectivity index (χ1) is 9.66. The van der Waals surface area contributed by atoms with E-state index in [4.69, 9.17) is 10.3 Å². The predicted octanol–water partition coefficient (Wildman–Crippen LogP) is 3.12. The van der Waals surface area contributed by atoms with Crippen LogP contribution in [0.25, 0.3) is 0 Å². The molecule has 1 aromatic heterocycles. The Bertz CT molecular complexity index is 434. The molecule has 0 aromatic carbocycles. The summed E-state index contributed by atoms with van der Waals surface area (Å²) in [6.07, 6.45) is 7.77. The van der Waals surface area contributed by atoms with E-state index in [1.165, 1.54) is 37.2 Å². The van der Waals surface area contributed by atoms with E-state index in [0.29, 0.717) is 5.92 Å². The zero-order valence-corrected chi connectivity index (χ0v) is 13.1. The summed E-state index contributed by atoms with van der Waals surface area (Å²) in [7, 11) is 0. The molecule has 0 amide bonds. The molecule has 3 rings (SSSR count). The van der Waals surface area contributed by atoms with Crippen molar-refractivity contribution in [1.29, 1.82) is 0 Å². The van der Waals surface area contributed by atoms with Crippen molar-refractivity contribution in [2.75, 3.05) is 11.5 Å². The minimum atomic E-state index is -0.351. The molecule has 1 saturated carbocycles. The fourth-order valence-corrected chi connectivity index (χ4v) is 4.44. The summed E-state index contributed by atoms with van der Waals surface area (Å²) < 4.78 is 5.46. The van der Waals surface area contributed by atoms with Gasteiger partial charge in [-0.05, 0) is 61.9 Å². The summed E-state index contributed by atoms with van der Waals surface area (Å²) in [5.74, 6) is 5.56. The number of aromatic nitrogens is 2. The predicted molar refractivity (Wildman–Crippen MR) is 81.5 cm³/mol. The molecule has 20 heavy (non-hydrogen) atoms. The van der Waals surface area contributed by atoms with Crippen LogP contribution in [-0.2, 0) is 12.0 Å². The van der Waals surface area contributed by atoms with Crippen molar-refractivity contribution in [1.82, 2.24) is 10.1 Å². The Hall–Kier alpha value is -0.550. The van der Waals surface area contributed by atoms with Crippen LogP contribution in [0.4, 0.5) is 0 Å². The van der Waals surface area contributed by atoms with E-state index in [2.05, 4.69) is 28.8 Å². The molecular formula is C15H25N3OS. The molecule has 0 spiro atoms. The first kappa shape index (κ1) is 14.4. The SMILES string of the molecule is CC1CCC(N)(c2noc(CC3CCSCC3)n2)CC1. The van der Waals surface area contributed by atoms with Gasteiger partial charge in [0.05, 0.1) is 5.54 Å². The van der Waals surface area contributed by atoms with Gasteiger partial charge in [0.25, 0.3) is 0 Å². The number of hydrogen-bond donors (Lipinski definition) is 1. The second-order valence-electron chi connectivity index (χ2n) is 6.61. The number of nitrogens with two attached hydrogens (primary N) is 1. The first-order valence-electron chi connectivity index (χ1n) is 7.85. The van der Waals surface area contributed by atoms with E-state index in [1.54, 1.807) is 0 Å². The Morgan fingerprint density at radius 3 is 2.65 bits per heavy atom. The molecule has 1 aromatic rings. The quantitative estimate of drug-likeness (QED) is 0.928. The molecule has 0 unspecified atom stereocenters. The van der Waals surface area contributed by atoms with Crippen molar-refractivity contribution in [3.63, 3.8) is 0 Å². The van der Waals surface area contributed by atoms with Gasteiger partial charge in [0.2, 0.25) is 5.89 Å². The van der Waals surface area contributed by atoms with Crippen LogP contribution in [0.15, 0.2) is 4.52 Å². The largest absolute Gasteiger partial charge is 0.339 e. The average Bonchev–Trinajstić information content (AvgIpc) is 2.93. The summed E-state index contributed by atoms with van der Waals surface area (Å²) in [6.45, 7) is 2.29. The van der Waals surface area contributed by atoms with Gasteiger partial charge in [-0.2, -0.15) is 16.7 Å². The standard InChI is InChI=1S/C15H25N3OS/c1-11-2-6-15(16,7-3-11)14-17-13(19-18-14)10-12-4-8-20-9-5-12/h11-12H,2-10,16H2,1H3. The van der Waals surface area contributed by atoms with Crippen LogP contribution in [0.3, 0.4) is 0 Å². The lowest BCUT2D eigenvalue weighted by atomic mass is 9.77. The molecule has 1 aliphatic carbocycles. The maximum Gasteiger partial charge on any atom is 0.226 e. The van der Waals surface area contributed by atoms with Crippen molar-refractivity contribution in [2.45, 2.75) is 57.4 Å². The maximum atomic E-state index is 6.50. The van der Waals surface area contributed by atoms with Crippen LogP contribution in [0.2, 0.25) is 0 Å². The molecule has 4 nitrogen and oxygen atoms in total. The van der Waals surface area contributed by atoms with Gasteiger partial charge in [-0.25, -0.2) is 0 Å². The number of hydrogen-bond acceptors (Lipinski definition) is 5. The van der Waals surface area contributed by atoms with Crippen molar-refractivity contribution in [2.24, 2.45) is 17.6 Å². The molecule has 5 heteroatoms. The summed E-state index contributed by atoms with van der Waals surface area (Å²) in [5.41, 5.74) is 6.15. The summed E-state index contributed by atoms with van der Waals surface area (Å²) >= 11 is 2.05. The normalized spacial score (nSPS) is 32.4. The van der Waals surface area contributed by atoms with E-state index in [9.17, 15) is 0 Å². The molecule has 1 aliphatic heterocycles. The number of thioether (sulfide) groups is 1.